The molecule has 1 aromatic carbocycles. The van der Waals surface area contributed by atoms with E-state index in [1.165, 1.54) is 11.0 Å². The molecule has 0 bridgehead atoms. The van der Waals surface area contributed by atoms with Gasteiger partial charge >= 0.3 is 5.69 Å². The van der Waals surface area contributed by atoms with Gasteiger partial charge in [-0.1, -0.05) is 0 Å². The number of hydrogen-bond acceptors (Lipinski definition) is 5. The average molecular weight is 279 g/mol. The molecule has 7 nitrogen and oxygen atoms in total. The monoisotopic (exact) mass is 279 g/mol. The number of rotatable bonds is 2. The maximum Gasteiger partial charge on any atom is 0.304 e. The number of halogens is 1. The molecule has 0 saturated carbocycles. The van der Waals surface area contributed by atoms with Crippen molar-refractivity contribution in [3.8, 4) is 6.07 Å². The van der Waals surface area contributed by atoms with Crippen LogP contribution in [0.15, 0.2) is 18.2 Å². The van der Waals surface area contributed by atoms with Gasteiger partial charge in [-0.25, -0.2) is 0 Å². The highest BCUT2D eigenvalue weighted by Crippen LogP contribution is 2.19. The van der Waals surface area contributed by atoms with Crippen molar-refractivity contribution in [1.82, 2.24) is 4.90 Å². The first-order chi connectivity index (χ1) is 9.52. The van der Waals surface area contributed by atoms with Crippen LogP contribution < -0.4 is 0 Å². The van der Waals surface area contributed by atoms with Crippen LogP contribution in [0.1, 0.15) is 10.4 Å². The Morgan fingerprint density at radius 3 is 2.95 bits per heavy atom. The molecular weight excluding hydrogens is 269 g/mol. The van der Waals surface area contributed by atoms with Gasteiger partial charge in [-0.05, 0) is 12.1 Å². The topological polar surface area (TPSA) is 96.5 Å². The molecule has 1 unspecified atom stereocenters. The van der Waals surface area contributed by atoms with Gasteiger partial charge in [0.1, 0.15) is 0 Å². The molecule has 1 heterocycles. The molecule has 0 aromatic heterocycles. The Kier molecular flexibility index (Phi) is 3.91. The molecule has 1 aliphatic heterocycles. The molecule has 8 heteroatoms. The van der Waals surface area contributed by atoms with Gasteiger partial charge < -0.3 is 9.64 Å². The van der Waals surface area contributed by atoms with Gasteiger partial charge in [-0.15, -0.1) is 0 Å². The van der Waals surface area contributed by atoms with Gasteiger partial charge in [-0.2, -0.15) is 9.65 Å². The van der Waals surface area contributed by atoms with Crippen LogP contribution in [0, 0.1) is 27.3 Å². The minimum Gasteiger partial charge on any atom is -0.360 e. The first kappa shape index (κ1) is 13.9. The Morgan fingerprint density at radius 2 is 2.35 bits per heavy atom. The fourth-order valence-electron chi connectivity index (χ4n) is 1.88. The second-order valence-electron chi connectivity index (χ2n) is 4.16. The van der Waals surface area contributed by atoms with Crippen LogP contribution in [-0.2, 0) is 4.74 Å². The van der Waals surface area contributed by atoms with Gasteiger partial charge in [0.05, 0.1) is 24.1 Å². The molecule has 1 atom stereocenters. The molecule has 104 valence electrons. The summed E-state index contributed by atoms with van der Waals surface area (Å²) in [5, 5.41) is 19.3. The summed E-state index contributed by atoms with van der Waals surface area (Å²) in [5.41, 5.74) is -0.676. The molecule has 0 radical (unpaired) electrons. The summed E-state index contributed by atoms with van der Waals surface area (Å²) >= 11 is 0. The smallest absolute Gasteiger partial charge is 0.304 e. The summed E-state index contributed by atoms with van der Waals surface area (Å²) in [4.78, 5) is 23.1. The van der Waals surface area contributed by atoms with E-state index in [1.807, 2.05) is 6.07 Å². The minimum atomic E-state index is -1.06. The summed E-state index contributed by atoms with van der Waals surface area (Å²) < 4.78 is 18.6. The van der Waals surface area contributed by atoms with Crippen LogP contribution in [0.5, 0.6) is 0 Å². The molecule has 1 amide bonds. The zero-order valence-electron chi connectivity index (χ0n) is 10.3. The summed E-state index contributed by atoms with van der Waals surface area (Å²) in [6, 6.07) is 4.87. The lowest BCUT2D eigenvalue weighted by Crippen LogP contribution is -2.45. The van der Waals surface area contributed by atoms with Crippen molar-refractivity contribution in [3.63, 3.8) is 0 Å². The minimum absolute atomic E-state index is 0.00619. The normalized spacial score (nSPS) is 18.4. The fourth-order valence-corrected chi connectivity index (χ4v) is 1.88. The van der Waals surface area contributed by atoms with Gasteiger partial charge in [0.15, 0.2) is 6.10 Å². The molecule has 2 rings (SSSR count). The van der Waals surface area contributed by atoms with Crippen LogP contribution in [0.4, 0.5) is 10.1 Å². The lowest BCUT2D eigenvalue weighted by molar-refractivity contribution is -0.387. The highest BCUT2D eigenvalue weighted by molar-refractivity contribution is 5.94. The Morgan fingerprint density at radius 1 is 1.60 bits per heavy atom. The van der Waals surface area contributed by atoms with Gasteiger partial charge in [0, 0.05) is 18.2 Å². The van der Waals surface area contributed by atoms with Crippen molar-refractivity contribution in [3.05, 3.63) is 39.7 Å². The summed E-state index contributed by atoms with van der Waals surface area (Å²) in [6.45, 7) is 0.600. The number of benzene rings is 1. The molecule has 1 aliphatic rings. The van der Waals surface area contributed by atoms with Crippen molar-refractivity contribution in [1.29, 1.82) is 5.26 Å². The standard InChI is InChI=1S/C12H10FN3O4/c13-10-5-8(1-2-11(10)16(18)19)12(17)15-3-4-20-9(6-14)7-15/h1-2,5,9H,3-4,7H2. The van der Waals surface area contributed by atoms with Gasteiger partial charge in [-0.3, -0.25) is 14.9 Å². The van der Waals surface area contributed by atoms with Crippen LogP contribution in [-0.4, -0.2) is 41.5 Å². The molecular formula is C12H10FN3O4. The molecule has 1 aromatic rings. The van der Waals surface area contributed by atoms with E-state index in [-0.39, 0.29) is 25.3 Å². The van der Waals surface area contributed by atoms with Crippen molar-refractivity contribution in [2.75, 3.05) is 19.7 Å². The molecule has 1 saturated heterocycles. The fraction of sp³-hybridized carbons (Fsp3) is 0.333. The number of morpholine rings is 1. The highest BCUT2D eigenvalue weighted by Gasteiger charge is 2.26. The molecule has 0 spiro atoms. The van der Waals surface area contributed by atoms with Gasteiger partial charge in [0.2, 0.25) is 5.82 Å². The third-order valence-electron chi connectivity index (χ3n) is 2.89. The van der Waals surface area contributed by atoms with Crippen LogP contribution in [0.2, 0.25) is 0 Å². The van der Waals surface area contributed by atoms with E-state index in [0.29, 0.717) is 0 Å². The molecule has 20 heavy (non-hydrogen) atoms. The predicted molar refractivity (Wildman–Crippen MR) is 64.3 cm³/mol. The number of nitro benzene ring substituents is 1. The number of hydrogen-bond donors (Lipinski definition) is 0. The number of ether oxygens (including phenoxy) is 1. The second kappa shape index (κ2) is 5.63. The van der Waals surface area contributed by atoms with E-state index in [4.69, 9.17) is 10.00 Å². The van der Waals surface area contributed by atoms with E-state index in [9.17, 15) is 19.3 Å². The quantitative estimate of drug-likeness (QED) is 0.596. The second-order valence-corrected chi connectivity index (χ2v) is 4.16. The first-order valence-corrected chi connectivity index (χ1v) is 5.77. The van der Waals surface area contributed by atoms with Crippen LogP contribution >= 0.6 is 0 Å². The van der Waals surface area contributed by atoms with Crippen LogP contribution in [0.25, 0.3) is 0 Å². The SMILES string of the molecule is N#CC1CN(C(=O)c2ccc([N+](=O)[O-])c(F)c2)CCO1. The number of carbonyl (C=O) groups excluding carboxylic acids is 1. The number of nitriles is 1. The summed E-state index contributed by atoms with van der Waals surface area (Å²) in [6.07, 6.45) is -0.712. The third kappa shape index (κ3) is 2.73. The largest absolute Gasteiger partial charge is 0.360 e. The number of carbonyl (C=O) groups is 1. The number of nitro groups is 1. The predicted octanol–water partition coefficient (Wildman–Crippen LogP) is 1.10. The Labute approximate surface area is 113 Å². The Balaban J connectivity index is 2.19. The van der Waals surface area contributed by atoms with E-state index in [2.05, 4.69) is 0 Å². The van der Waals surface area contributed by atoms with E-state index >= 15 is 0 Å². The van der Waals surface area contributed by atoms with Crippen molar-refractivity contribution in [2.24, 2.45) is 0 Å². The zero-order chi connectivity index (χ0) is 14.7. The highest BCUT2D eigenvalue weighted by atomic mass is 19.1. The maximum absolute atomic E-state index is 13.5. The van der Waals surface area contributed by atoms with Crippen molar-refractivity contribution >= 4 is 11.6 Å². The lowest BCUT2D eigenvalue weighted by atomic mass is 10.1. The molecule has 0 aliphatic carbocycles. The van der Waals surface area contributed by atoms with Crippen molar-refractivity contribution < 1.29 is 18.8 Å². The Bertz CT molecular complexity index is 599. The summed E-state index contributed by atoms with van der Waals surface area (Å²) in [5.74, 6) is -1.55. The lowest BCUT2D eigenvalue weighted by Gasteiger charge is -2.29. The molecule has 1 fully saturated rings. The van der Waals surface area contributed by atoms with Gasteiger partial charge in [0.25, 0.3) is 5.91 Å². The van der Waals surface area contributed by atoms with E-state index in [1.54, 1.807) is 0 Å². The van der Waals surface area contributed by atoms with E-state index in [0.717, 1.165) is 12.1 Å². The average Bonchev–Trinajstić information content (AvgIpc) is 2.46. The first-order valence-electron chi connectivity index (χ1n) is 5.77. The molecule has 0 N–H and O–H groups in total. The number of nitrogens with zero attached hydrogens (tertiary/aromatic N) is 3. The number of amides is 1. The summed E-state index contributed by atoms with van der Waals surface area (Å²) in [7, 11) is 0. The third-order valence-corrected chi connectivity index (χ3v) is 2.89. The zero-order valence-corrected chi connectivity index (χ0v) is 10.3. The Hall–Kier alpha value is -2.53. The maximum atomic E-state index is 13.5. The van der Waals surface area contributed by atoms with Crippen molar-refractivity contribution in [2.45, 2.75) is 6.10 Å². The van der Waals surface area contributed by atoms with E-state index < -0.39 is 28.4 Å². The van der Waals surface area contributed by atoms with Crippen LogP contribution in [0.3, 0.4) is 0 Å².